The molecule has 1 aliphatic rings. The Morgan fingerprint density at radius 3 is 2.29 bits per heavy atom. The van der Waals surface area contributed by atoms with Crippen LogP contribution in [0, 0.1) is 0 Å². The summed E-state index contributed by atoms with van der Waals surface area (Å²) in [5.74, 6) is 0. The zero-order valence-corrected chi connectivity index (χ0v) is 8.74. The molecule has 0 spiro atoms. The highest BCUT2D eigenvalue weighted by Gasteiger charge is 2.33. The summed E-state index contributed by atoms with van der Waals surface area (Å²) in [6.07, 6.45) is 0. The zero-order chi connectivity index (χ0) is 10.2. The number of nitrogens with zero attached hydrogens (tertiary/aromatic N) is 2. The molecule has 0 bridgehead atoms. The summed E-state index contributed by atoms with van der Waals surface area (Å²) in [4.78, 5) is 0. The van der Waals surface area contributed by atoms with E-state index in [1.54, 1.807) is 19.2 Å². The standard InChI is InChI=1S/C9H12N2O2S/c1-10-7-8-11(14(10,12)13)9-5-3-2-4-6-9/h2-6H,7-8H2,1H3. The van der Waals surface area contributed by atoms with Gasteiger partial charge in [0, 0.05) is 20.1 Å². The summed E-state index contributed by atoms with van der Waals surface area (Å²) in [6.45, 7) is 1.08. The molecule has 76 valence electrons. The van der Waals surface area contributed by atoms with E-state index >= 15 is 0 Å². The summed E-state index contributed by atoms with van der Waals surface area (Å²) in [5.41, 5.74) is 0.733. The van der Waals surface area contributed by atoms with Crippen molar-refractivity contribution in [2.75, 3.05) is 24.4 Å². The van der Waals surface area contributed by atoms with Crippen LogP contribution in [0.1, 0.15) is 0 Å². The van der Waals surface area contributed by atoms with Crippen LogP contribution in [0.25, 0.3) is 0 Å². The third-order valence-electron chi connectivity index (χ3n) is 2.33. The Balaban J connectivity index is 2.39. The number of likely N-dealkylation sites (N-methyl/N-ethyl adjacent to an activating group) is 1. The minimum atomic E-state index is -3.25. The first-order valence-electron chi connectivity index (χ1n) is 4.41. The first kappa shape index (κ1) is 9.48. The van der Waals surface area contributed by atoms with E-state index in [0.29, 0.717) is 13.1 Å². The molecule has 2 rings (SSSR count). The molecule has 0 unspecified atom stereocenters. The maximum Gasteiger partial charge on any atom is 0.303 e. The topological polar surface area (TPSA) is 40.6 Å². The lowest BCUT2D eigenvalue weighted by Crippen LogP contribution is -2.30. The molecule has 5 heteroatoms. The quantitative estimate of drug-likeness (QED) is 0.687. The molecule has 0 aliphatic carbocycles. The average molecular weight is 212 g/mol. The smallest absolute Gasteiger partial charge is 0.256 e. The monoisotopic (exact) mass is 212 g/mol. The summed E-state index contributed by atoms with van der Waals surface area (Å²) >= 11 is 0. The van der Waals surface area contributed by atoms with Gasteiger partial charge in [0.05, 0.1) is 5.69 Å². The van der Waals surface area contributed by atoms with E-state index in [0.717, 1.165) is 5.69 Å². The van der Waals surface area contributed by atoms with Gasteiger partial charge in [-0.1, -0.05) is 18.2 Å². The second kappa shape index (κ2) is 3.25. The maximum atomic E-state index is 11.7. The maximum absolute atomic E-state index is 11.7. The summed E-state index contributed by atoms with van der Waals surface area (Å²) in [5, 5.41) is 0. The Morgan fingerprint density at radius 1 is 1.14 bits per heavy atom. The van der Waals surface area contributed by atoms with Crippen molar-refractivity contribution >= 4 is 15.9 Å². The van der Waals surface area contributed by atoms with E-state index in [9.17, 15) is 8.42 Å². The van der Waals surface area contributed by atoms with Crippen LogP contribution in [0.5, 0.6) is 0 Å². The lowest BCUT2D eigenvalue weighted by molar-refractivity contribution is 0.511. The van der Waals surface area contributed by atoms with Crippen LogP contribution in [-0.2, 0) is 10.2 Å². The predicted octanol–water partition coefficient (Wildman–Crippen LogP) is 0.683. The molecule has 1 aromatic carbocycles. The van der Waals surface area contributed by atoms with Gasteiger partial charge in [-0.05, 0) is 12.1 Å². The second-order valence-electron chi connectivity index (χ2n) is 3.24. The fourth-order valence-electron chi connectivity index (χ4n) is 1.49. The van der Waals surface area contributed by atoms with Crippen LogP contribution in [0.3, 0.4) is 0 Å². The molecule has 0 saturated carbocycles. The van der Waals surface area contributed by atoms with Gasteiger partial charge in [0.2, 0.25) is 0 Å². The van der Waals surface area contributed by atoms with Gasteiger partial charge in [0.15, 0.2) is 0 Å². The van der Waals surface area contributed by atoms with Crippen molar-refractivity contribution in [3.63, 3.8) is 0 Å². The molecular weight excluding hydrogens is 200 g/mol. The van der Waals surface area contributed by atoms with E-state index in [4.69, 9.17) is 0 Å². The van der Waals surface area contributed by atoms with Crippen molar-refractivity contribution in [1.29, 1.82) is 0 Å². The number of benzene rings is 1. The third kappa shape index (κ3) is 1.38. The lowest BCUT2D eigenvalue weighted by atomic mass is 10.3. The number of anilines is 1. The summed E-state index contributed by atoms with van der Waals surface area (Å²) in [6, 6.07) is 9.15. The van der Waals surface area contributed by atoms with Gasteiger partial charge >= 0.3 is 10.2 Å². The van der Waals surface area contributed by atoms with Crippen LogP contribution < -0.4 is 4.31 Å². The van der Waals surface area contributed by atoms with E-state index in [1.165, 1.54) is 8.61 Å². The lowest BCUT2D eigenvalue weighted by Gasteiger charge is -2.17. The number of para-hydroxylation sites is 1. The summed E-state index contributed by atoms with van der Waals surface area (Å²) < 4.78 is 26.3. The molecule has 0 atom stereocenters. The molecule has 0 radical (unpaired) electrons. The Kier molecular flexibility index (Phi) is 2.20. The van der Waals surface area contributed by atoms with E-state index in [1.807, 2.05) is 18.2 Å². The third-order valence-corrected chi connectivity index (χ3v) is 4.26. The fourth-order valence-corrected chi connectivity index (χ4v) is 2.84. The minimum absolute atomic E-state index is 0.531. The van der Waals surface area contributed by atoms with Gasteiger partial charge in [0.25, 0.3) is 0 Å². The van der Waals surface area contributed by atoms with Crippen LogP contribution in [-0.4, -0.2) is 32.9 Å². The van der Waals surface area contributed by atoms with Gasteiger partial charge in [-0.3, -0.25) is 4.31 Å². The highest BCUT2D eigenvalue weighted by molar-refractivity contribution is 7.90. The van der Waals surface area contributed by atoms with Crippen molar-refractivity contribution in [3.8, 4) is 0 Å². The molecule has 0 N–H and O–H groups in total. The van der Waals surface area contributed by atoms with Crippen molar-refractivity contribution in [2.24, 2.45) is 0 Å². The van der Waals surface area contributed by atoms with Gasteiger partial charge < -0.3 is 0 Å². The molecule has 1 heterocycles. The average Bonchev–Trinajstić information content (AvgIpc) is 2.44. The predicted molar refractivity (Wildman–Crippen MR) is 55.3 cm³/mol. The molecule has 4 nitrogen and oxygen atoms in total. The second-order valence-corrected chi connectivity index (χ2v) is 5.20. The van der Waals surface area contributed by atoms with Crippen LogP contribution in [0.4, 0.5) is 5.69 Å². The number of rotatable bonds is 1. The van der Waals surface area contributed by atoms with Crippen molar-refractivity contribution in [1.82, 2.24) is 4.31 Å². The number of hydrogen-bond donors (Lipinski definition) is 0. The van der Waals surface area contributed by atoms with Crippen LogP contribution in [0.2, 0.25) is 0 Å². The molecule has 0 amide bonds. The van der Waals surface area contributed by atoms with Gasteiger partial charge in [0.1, 0.15) is 0 Å². The fraction of sp³-hybridized carbons (Fsp3) is 0.333. The highest BCUT2D eigenvalue weighted by atomic mass is 32.2. The molecule has 1 saturated heterocycles. The van der Waals surface area contributed by atoms with Crippen molar-refractivity contribution < 1.29 is 8.42 Å². The summed E-state index contributed by atoms with van der Waals surface area (Å²) in [7, 11) is -1.66. The van der Waals surface area contributed by atoms with Gasteiger partial charge in [-0.2, -0.15) is 12.7 Å². The van der Waals surface area contributed by atoms with E-state index < -0.39 is 10.2 Å². The van der Waals surface area contributed by atoms with Gasteiger partial charge in [-0.25, -0.2) is 0 Å². The van der Waals surface area contributed by atoms with Crippen LogP contribution in [0.15, 0.2) is 30.3 Å². The first-order valence-corrected chi connectivity index (χ1v) is 5.81. The molecule has 0 aromatic heterocycles. The Hall–Kier alpha value is -1.07. The molecule has 14 heavy (non-hydrogen) atoms. The minimum Gasteiger partial charge on any atom is -0.256 e. The zero-order valence-electron chi connectivity index (χ0n) is 7.92. The molecule has 1 aromatic rings. The Bertz CT molecular complexity index is 416. The van der Waals surface area contributed by atoms with Gasteiger partial charge in [-0.15, -0.1) is 0 Å². The van der Waals surface area contributed by atoms with Crippen molar-refractivity contribution in [2.45, 2.75) is 0 Å². The Labute approximate surface area is 83.9 Å². The Morgan fingerprint density at radius 2 is 1.79 bits per heavy atom. The SMILES string of the molecule is CN1CCN(c2ccccc2)S1(=O)=O. The normalized spacial score (nSPS) is 21.4. The van der Waals surface area contributed by atoms with Crippen molar-refractivity contribution in [3.05, 3.63) is 30.3 Å². The molecule has 1 aliphatic heterocycles. The number of hydrogen-bond acceptors (Lipinski definition) is 2. The first-order chi connectivity index (χ1) is 6.62. The highest BCUT2D eigenvalue weighted by Crippen LogP contribution is 2.23. The molecule has 1 fully saturated rings. The van der Waals surface area contributed by atoms with E-state index in [-0.39, 0.29) is 0 Å². The van der Waals surface area contributed by atoms with Crippen LogP contribution >= 0.6 is 0 Å². The molecular formula is C9H12N2O2S. The van der Waals surface area contributed by atoms with E-state index in [2.05, 4.69) is 0 Å². The largest absolute Gasteiger partial charge is 0.303 e.